The Morgan fingerprint density at radius 2 is 2.00 bits per heavy atom. The molecule has 3 nitrogen and oxygen atoms in total. The number of furan rings is 1. The minimum Gasteiger partial charge on any atom is -0.453 e. The van der Waals surface area contributed by atoms with Gasteiger partial charge in [-0.25, -0.2) is 0 Å². The molecule has 0 aliphatic rings. The molecule has 1 aromatic carbocycles. The summed E-state index contributed by atoms with van der Waals surface area (Å²) in [4.78, 5) is 10.6. The van der Waals surface area contributed by atoms with E-state index in [1.165, 1.54) is 0 Å². The lowest BCUT2D eigenvalue weighted by Crippen LogP contribution is -1.91. The van der Waals surface area contributed by atoms with Crippen molar-refractivity contribution in [2.75, 3.05) is 5.73 Å². The Hall–Kier alpha value is -2.03. The molecule has 2 N–H and O–H groups in total. The minimum absolute atomic E-state index is 0.328. The van der Waals surface area contributed by atoms with Crippen LogP contribution in [0.25, 0.3) is 11.3 Å². The number of carbonyl (C=O) groups excluding carboxylic acids is 1. The zero-order valence-electron chi connectivity index (χ0n) is 9.28. The Bertz CT molecular complexity index is 541. The Morgan fingerprint density at radius 3 is 2.62 bits per heavy atom. The molecule has 0 aliphatic heterocycles. The predicted octanol–water partition coefficient (Wildman–Crippen LogP) is 2.96. The van der Waals surface area contributed by atoms with E-state index in [0.717, 1.165) is 16.7 Å². The summed E-state index contributed by atoms with van der Waals surface area (Å²) in [7, 11) is 0. The third-order valence-corrected chi connectivity index (χ3v) is 2.70. The van der Waals surface area contributed by atoms with E-state index in [-0.39, 0.29) is 0 Å². The van der Waals surface area contributed by atoms with Crippen molar-refractivity contribution in [1.29, 1.82) is 0 Å². The summed E-state index contributed by atoms with van der Waals surface area (Å²) in [6.07, 6.45) is 0.692. The second-order valence-electron chi connectivity index (χ2n) is 3.83. The molecule has 0 spiro atoms. The van der Waals surface area contributed by atoms with Crippen LogP contribution in [0.15, 0.2) is 28.7 Å². The quantitative estimate of drug-likeness (QED) is 0.619. The smallest absolute Gasteiger partial charge is 0.185 e. The third kappa shape index (κ3) is 1.72. The number of hydrogen-bond acceptors (Lipinski definition) is 3. The number of carbonyl (C=O) groups is 1. The molecule has 16 heavy (non-hydrogen) atoms. The molecule has 0 atom stereocenters. The van der Waals surface area contributed by atoms with Gasteiger partial charge in [0, 0.05) is 11.3 Å². The van der Waals surface area contributed by atoms with Crippen molar-refractivity contribution >= 4 is 12.0 Å². The van der Waals surface area contributed by atoms with Gasteiger partial charge in [0.15, 0.2) is 12.0 Å². The van der Waals surface area contributed by atoms with Gasteiger partial charge in [0.2, 0.25) is 0 Å². The third-order valence-electron chi connectivity index (χ3n) is 2.70. The number of aryl methyl sites for hydroxylation is 1. The molecule has 82 valence electrons. The van der Waals surface area contributed by atoms with Gasteiger partial charge in [0.1, 0.15) is 5.76 Å². The van der Waals surface area contributed by atoms with Gasteiger partial charge in [-0.3, -0.25) is 4.79 Å². The maximum absolute atomic E-state index is 10.6. The molecule has 2 aromatic rings. The van der Waals surface area contributed by atoms with Crippen LogP contribution in [0.2, 0.25) is 0 Å². The van der Waals surface area contributed by atoms with E-state index >= 15 is 0 Å². The fourth-order valence-corrected chi connectivity index (χ4v) is 1.70. The number of nitrogen functional groups attached to an aromatic ring is 1. The topological polar surface area (TPSA) is 56.2 Å². The molecule has 1 heterocycles. The standard InChI is InChI=1S/C13H13NO2/c1-8-5-10(14)6-12(9(8)2)13-4-3-11(7-15)16-13/h3-7H,14H2,1-2H3. The highest BCUT2D eigenvalue weighted by Crippen LogP contribution is 2.29. The van der Waals surface area contributed by atoms with Crippen molar-refractivity contribution in [2.45, 2.75) is 13.8 Å². The van der Waals surface area contributed by atoms with Crippen molar-refractivity contribution in [2.24, 2.45) is 0 Å². The number of hydrogen-bond donors (Lipinski definition) is 1. The van der Waals surface area contributed by atoms with Crippen LogP contribution in [-0.4, -0.2) is 6.29 Å². The van der Waals surface area contributed by atoms with Gasteiger partial charge in [0.05, 0.1) is 0 Å². The molecule has 0 saturated heterocycles. The average molecular weight is 215 g/mol. The normalized spacial score (nSPS) is 10.4. The lowest BCUT2D eigenvalue weighted by atomic mass is 10.0. The maximum atomic E-state index is 10.6. The Balaban J connectivity index is 2.58. The fraction of sp³-hybridized carbons (Fsp3) is 0.154. The van der Waals surface area contributed by atoms with Gasteiger partial charge < -0.3 is 10.2 Å². The molecule has 1 aromatic heterocycles. The van der Waals surface area contributed by atoms with Gasteiger partial charge >= 0.3 is 0 Å². The second kappa shape index (κ2) is 3.85. The monoisotopic (exact) mass is 215 g/mol. The molecule has 3 heteroatoms. The number of benzene rings is 1. The first kappa shape index (κ1) is 10.5. The molecular formula is C13H13NO2. The number of aldehydes is 1. The molecule has 0 aliphatic carbocycles. The molecule has 0 unspecified atom stereocenters. The van der Waals surface area contributed by atoms with Crippen molar-refractivity contribution in [3.05, 3.63) is 41.2 Å². The number of nitrogens with two attached hydrogens (primary N) is 1. The van der Waals surface area contributed by atoms with Crippen molar-refractivity contribution in [3.63, 3.8) is 0 Å². The first-order valence-corrected chi connectivity index (χ1v) is 5.04. The zero-order chi connectivity index (χ0) is 11.7. The summed E-state index contributed by atoms with van der Waals surface area (Å²) in [6.45, 7) is 4.01. The van der Waals surface area contributed by atoms with Crippen molar-refractivity contribution in [3.8, 4) is 11.3 Å². The first-order valence-electron chi connectivity index (χ1n) is 5.04. The summed E-state index contributed by atoms with van der Waals surface area (Å²) < 4.78 is 5.39. The van der Waals surface area contributed by atoms with E-state index in [1.54, 1.807) is 12.1 Å². The van der Waals surface area contributed by atoms with Crippen LogP contribution in [0.3, 0.4) is 0 Å². The molecule has 0 amide bonds. The summed E-state index contributed by atoms with van der Waals surface area (Å²) in [6, 6.07) is 7.21. The molecule has 2 rings (SSSR count). The Morgan fingerprint density at radius 1 is 1.25 bits per heavy atom. The number of rotatable bonds is 2. The van der Waals surface area contributed by atoms with E-state index in [4.69, 9.17) is 10.2 Å². The highest BCUT2D eigenvalue weighted by molar-refractivity contribution is 5.74. The highest BCUT2D eigenvalue weighted by atomic mass is 16.3. The molecule has 0 saturated carbocycles. The lowest BCUT2D eigenvalue weighted by Gasteiger charge is -2.07. The Kier molecular flexibility index (Phi) is 2.52. The largest absolute Gasteiger partial charge is 0.453 e. The van der Waals surface area contributed by atoms with E-state index < -0.39 is 0 Å². The van der Waals surface area contributed by atoms with Gasteiger partial charge in [-0.2, -0.15) is 0 Å². The summed E-state index contributed by atoms with van der Waals surface area (Å²) in [5.74, 6) is 1.00. The van der Waals surface area contributed by atoms with Crippen molar-refractivity contribution < 1.29 is 9.21 Å². The van der Waals surface area contributed by atoms with Crippen LogP contribution in [0.5, 0.6) is 0 Å². The highest BCUT2D eigenvalue weighted by Gasteiger charge is 2.09. The summed E-state index contributed by atoms with van der Waals surface area (Å²) in [5.41, 5.74) is 9.65. The van der Waals surface area contributed by atoms with Crippen LogP contribution in [0.4, 0.5) is 5.69 Å². The van der Waals surface area contributed by atoms with Crippen molar-refractivity contribution in [1.82, 2.24) is 0 Å². The predicted molar refractivity (Wildman–Crippen MR) is 63.4 cm³/mol. The van der Waals surface area contributed by atoms with Crippen LogP contribution in [0.1, 0.15) is 21.7 Å². The van der Waals surface area contributed by atoms with E-state index in [2.05, 4.69) is 0 Å². The number of anilines is 1. The molecular weight excluding hydrogens is 202 g/mol. The minimum atomic E-state index is 0.328. The second-order valence-corrected chi connectivity index (χ2v) is 3.83. The van der Waals surface area contributed by atoms with E-state index in [1.807, 2.05) is 26.0 Å². The first-order chi connectivity index (χ1) is 7.61. The van der Waals surface area contributed by atoms with E-state index in [0.29, 0.717) is 23.5 Å². The van der Waals surface area contributed by atoms with Crippen LogP contribution >= 0.6 is 0 Å². The van der Waals surface area contributed by atoms with Gasteiger partial charge in [-0.05, 0) is 49.2 Å². The lowest BCUT2D eigenvalue weighted by molar-refractivity contribution is 0.110. The summed E-state index contributed by atoms with van der Waals surface area (Å²) in [5, 5.41) is 0. The van der Waals surface area contributed by atoms with Crippen LogP contribution in [-0.2, 0) is 0 Å². The van der Waals surface area contributed by atoms with Crippen LogP contribution < -0.4 is 5.73 Å². The summed E-state index contributed by atoms with van der Waals surface area (Å²) >= 11 is 0. The zero-order valence-corrected chi connectivity index (χ0v) is 9.28. The SMILES string of the molecule is Cc1cc(N)cc(-c2ccc(C=O)o2)c1C. The van der Waals surface area contributed by atoms with E-state index in [9.17, 15) is 4.79 Å². The average Bonchev–Trinajstić information content (AvgIpc) is 2.71. The van der Waals surface area contributed by atoms with Crippen LogP contribution in [0, 0.1) is 13.8 Å². The Labute approximate surface area is 93.9 Å². The molecule has 0 fully saturated rings. The van der Waals surface area contributed by atoms with Gasteiger partial charge in [0.25, 0.3) is 0 Å². The van der Waals surface area contributed by atoms with Gasteiger partial charge in [-0.15, -0.1) is 0 Å². The maximum Gasteiger partial charge on any atom is 0.185 e. The van der Waals surface area contributed by atoms with Gasteiger partial charge in [-0.1, -0.05) is 0 Å². The molecule has 0 bridgehead atoms. The fourth-order valence-electron chi connectivity index (χ4n) is 1.70. The molecule has 0 radical (unpaired) electrons.